The van der Waals surface area contributed by atoms with E-state index in [1.165, 1.54) is 6.07 Å². The number of alkyl halides is 2. The van der Waals surface area contributed by atoms with Gasteiger partial charge in [0.05, 0.1) is 18.8 Å². The molecule has 1 saturated heterocycles. The van der Waals surface area contributed by atoms with Crippen LogP contribution in [-0.4, -0.2) is 49.0 Å². The van der Waals surface area contributed by atoms with Crippen molar-refractivity contribution >= 4 is 0 Å². The van der Waals surface area contributed by atoms with Crippen LogP contribution in [0.4, 0.5) is 8.78 Å². The molecule has 0 spiro atoms. The van der Waals surface area contributed by atoms with Gasteiger partial charge >= 0.3 is 6.61 Å². The lowest BCUT2D eigenvalue weighted by molar-refractivity contribution is -0.0517. The van der Waals surface area contributed by atoms with E-state index >= 15 is 0 Å². The summed E-state index contributed by atoms with van der Waals surface area (Å²) >= 11 is 0. The zero-order valence-electron chi connectivity index (χ0n) is 12.0. The highest BCUT2D eigenvalue weighted by atomic mass is 19.3. The first-order chi connectivity index (χ1) is 10.1. The minimum absolute atomic E-state index is 0.136. The summed E-state index contributed by atoms with van der Waals surface area (Å²) in [4.78, 5) is 2.13. The number of ether oxygens (including phenoxy) is 2. The fourth-order valence-electron chi connectivity index (χ4n) is 2.39. The predicted octanol–water partition coefficient (Wildman–Crippen LogP) is 2.43. The summed E-state index contributed by atoms with van der Waals surface area (Å²) in [5.41, 5.74) is 0.809. The molecule has 0 radical (unpaired) electrons. The molecule has 0 aromatic heterocycles. The highest BCUT2D eigenvalue weighted by Gasteiger charge is 2.23. The standard InChI is InChI=1S/C15H21F2NO3/c1-2-12(19)9-18-6-7-20-14(10-18)11-4-3-5-13(8-11)21-15(16)17/h3-5,8,12,14-15,19H,2,6-7,9-10H2,1H3/t12-,14?/m1/s1. The molecule has 1 aliphatic heterocycles. The normalized spacial score (nSPS) is 21.5. The van der Waals surface area contributed by atoms with E-state index in [9.17, 15) is 13.9 Å². The van der Waals surface area contributed by atoms with Crippen molar-refractivity contribution in [1.82, 2.24) is 4.90 Å². The first-order valence-corrected chi connectivity index (χ1v) is 7.15. The third kappa shape index (κ3) is 4.91. The third-order valence-electron chi connectivity index (χ3n) is 3.55. The number of aliphatic hydroxyl groups is 1. The largest absolute Gasteiger partial charge is 0.435 e. The summed E-state index contributed by atoms with van der Waals surface area (Å²) in [6.07, 6.45) is 0.168. The fraction of sp³-hybridized carbons (Fsp3) is 0.600. The Bertz CT molecular complexity index is 445. The van der Waals surface area contributed by atoms with E-state index in [2.05, 4.69) is 9.64 Å². The number of hydrogen-bond donors (Lipinski definition) is 1. The van der Waals surface area contributed by atoms with Gasteiger partial charge in [0.25, 0.3) is 0 Å². The smallest absolute Gasteiger partial charge is 0.387 e. The van der Waals surface area contributed by atoms with E-state index in [1.54, 1.807) is 12.1 Å². The molecule has 6 heteroatoms. The summed E-state index contributed by atoms with van der Waals surface area (Å²) in [6, 6.07) is 6.59. The first kappa shape index (κ1) is 16.1. The predicted molar refractivity (Wildman–Crippen MR) is 74.5 cm³/mol. The van der Waals surface area contributed by atoms with E-state index < -0.39 is 6.61 Å². The van der Waals surface area contributed by atoms with E-state index in [4.69, 9.17) is 4.74 Å². The van der Waals surface area contributed by atoms with Gasteiger partial charge in [-0.05, 0) is 24.1 Å². The zero-order chi connectivity index (χ0) is 15.2. The molecule has 0 amide bonds. The highest BCUT2D eigenvalue weighted by Crippen LogP contribution is 2.26. The number of aliphatic hydroxyl groups excluding tert-OH is 1. The first-order valence-electron chi connectivity index (χ1n) is 7.15. The Morgan fingerprint density at radius 1 is 1.48 bits per heavy atom. The summed E-state index contributed by atoms with van der Waals surface area (Å²) < 4.78 is 34.6. The fourth-order valence-corrected chi connectivity index (χ4v) is 2.39. The highest BCUT2D eigenvalue weighted by molar-refractivity contribution is 5.30. The second-order valence-electron chi connectivity index (χ2n) is 5.13. The third-order valence-corrected chi connectivity index (χ3v) is 3.55. The minimum Gasteiger partial charge on any atom is -0.435 e. The molecular formula is C15H21F2NO3. The van der Waals surface area contributed by atoms with Crippen LogP contribution in [0, 0.1) is 0 Å². The Labute approximate surface area is 123 Å². The molecule has 0 bridgehead atoms. The Morgan fingerprint density at radius 3 is 3.00 bits per heavy atom. The van der Waals surface area contributed by atoms with E-state index in [-0.39, 0.29) is 18.0 Å². The molecule has 118 valence electrons. The molecule has 2 atom stereocenters. The molecule has 2 rings (SSSR count). The SMILES string of the molecule is CC[C@@H](O)CN1CCOC(c2cccc(OC(F)F)c2)C1. The van der Waals surface area contributed by atoms with Crippen LogP contribution in [0.2, 0.25) is 0 Å². The summed E-state index contributed by atoms with van der Waals surface area (Å²) in [5.74, 6) is 0.136. The van der Waals surface area contributed by atoms with Gasteiger partial charge in [0.2, 0.25) is 0 Å². The topological polar surface area (TPSA) is 41.9 Å². The van der Waals surface area contributed by atoms with E-state index in [0.29, 0.717) is 26.1 Å². The maximum absolute atomic E-state index is 12.2. The van der Waals surface area contributed by atoms with Crippen molar-refractivity contribution in [3.05, 3.63) is 29.8 Å². The van der Waals surface area contributed by atoms with E-state index in [0.717, 1.165) is 12.1 Å². The lowest BCUT2D eigenvalue weighted by atomic mass is 10.1. The van der Waals surface area contributed by atoms with Crippen LogP contribution < -0.4 is 4.74 Å². The van der Waals surface area contributed by atoms with Gasteiger partial charge in [0.15, 0.2) is 0 Å². The van der Waals surface area contributed by atoms with Crippen molar-refractivity contribution < 1.29 is 23.4 Å². The molecule has 1 N–H and O–H groups in total. The molecule has 0 aliphatic carbocycles. The lowest BCUT2D eigenvalue weighted by Gasteiger charge is -2.34. The van der Waals surface area contributed by atoms with E-state index in [1.807, 2.05) is 13.0 Å². The molecule has 1 aliphatic rings. The monoisotopic (exact) mass is 301 g/mol. The molecule has 1 unspecified atom stereocenters. The van der Waals surface area contributed by atoms with Crippen LogP contribution >= 0.6 is 0 Å². The van der Waals surface area contributed by atoms with Gasteiger partial charge < -0.3 is 14.6 Å². The van der Waals surface area contributed by atoms with Crippen molar-refractivity contribution in [1.29, 1.82) is 0 Å². The quantitative estimate of drug-likeness (QED) is 0.876. The zero-order valence-corrected chi connectivity index (χ0v) is 12.0. The van der Waals surface area contributed by atoms with Crippen LogP contribution in [0.15, 0.2) is 24.3 Å². The van der Waals surface area contributed by atoms with Crippen molar-refractivity contribution in [3.63, 3.8) is 0 Å². The summed E-state index contributed by atoms with van der Waals surface area (Å²) in [7, 11) is 0. The van der Waals surface area contributed by atoms with Gasteiger partial charge in [-0.1, -0.05) is 19.1 Å². The van der Waals surface area contributed by atoms with Crippen molar-refractivity contribution in [3.8, 4) is 5.75 Å². The summed E-state index contributed by atoms with van der Waals surface area (Å²) in [6.45, 7) is 1.66. The maximum Gasteiger partial charge on any atom is 0.387 e. The Hall–Kier alpha value is -1.24. The lowest BCUT2D eigenvalue weighted by Crippen LogP contribution is -2.42. The number of hydrogen-bond acceptors (Lipinski definition) is 4. The van der Waals surface area contributed by atoms with Crippen LogP contribution in [0.5, 0.6) is 5.75 Å². The van der Waals surface area contributed by atoms with Gasteiger partial charge in [-0.2, -0.15) is 8.78 Å². The van der Waals surface area contributed by atoms with Crippen LogP contribution in [-0.2, 0) is 4.74 Å². The van der Waals surface area contributed by atoms with Gasteiger partial charge in [0.1, 0.15) is 5.75 Å². The minimum atomic E-state index is -2.83. The number of nitrogens with zero attached hydrogens (tertiary/aromatic N) is 1. The molecule has 1 heterocycles. The molecule has 21 heavy (non-hydrogen) atoms. The van der Waals surface area contributed by atoms with Gasteiger partial charge in [-0.3, -0.25) is 4.90 Å². The number of halogens is 2. The van der Waals surface area contributed by atoms with Crippen molar-refractivity contribution in [2.75, 3.05) is 26.2 Å². The molecule has 1 fully saturated rings. The number of β-amino-alcohol motifs (C(OH)–C–C–N with tert-alkyl or cyclic N) is 1. The second-order valence-corrected chi connectivity index (χ2v) is 5.13. The van der Waals surface area contributed by atoms with Gasteiger partial charge in [-0.25, -0.2) is 0 Å². The van der Waals surface area contributed by atoms with Crippen LogP contribution in [0.1, 0.15) is 25.0 Å². The number of benzene rings is 1. The van der Waals surface area contributed by atoms with Gasteiger partial charge in [0, 0.05) is 19.6 Å². The Morgan fingerprint density at radius 2 is 2.29 bits per heavy atom. The summed E-state index contributed by atoms with van der Waals surface area (Å²) in [5, 5.41) is 9.72. The second kappa shape index (κ2) is 7.68. The van der Waals surface area contributed by atoms with Crippen LogP contribution in [0.3, 0.4) is 0 Å². The average molecular weight is 301 g/mol. The average Bonchev–Trinajstić information content (AvgIpc) is 2.47. The Balaban J connectivity index is 2.00. The molecule has 0 saturated carbocycles. The van der Waals surface area contributed by atoms with Gasteiger partial charge in [-0.15, -0.1) is 0 Å². The molecular weight excluding hydrogens is 280 g/mol. The van der Waals surface area contributed by atoms with Crippen molar-refractivity contribution in [2.24, 2.45) is 0 Å². The molecule has 4 nitrogen and oxygen atoms in total. The van der Waals surface area contributed by atoms with Crippen LogP contribution in [0.25, 0.3) is 0 Å². The molecule has 1 aromatic rings. The maximum atomic E-state index is 12.2. The Kier molecular flexibility index (Phi) is 5.90. The van der Waals surface area contributed by atoms with Crippen molar-refractivity contribution in [2.45, 2.75) is 32.2 Å². The number of rotatable bonds is 6. The molecule has 1 aromatic carbocycles. The number of morpholine rings is 1.